The molecule has 1 aromatic heterocycles. The zero-order valence-electron chi connectivity index (χ0n) is 14.5. The molecular weight excluding hydrogens is 364 g/mol. The first-order valence-corrected chi connectivity index (χ1v) is 8.38. The molecule has 0 saturated carbocycles. The number of amides is 1. The number of benzene rings is 1. The van der Waals surface area contributed by atoms with Gasteiger partial charge in [0, 0.05) is 25.5 Å². The fourth-order valence-electron chi connectivity index (χ4n) is 2.93. The Morgan fingerprint density at radius 3 is 2.77 bits per heavy atom. The monoisotopic (exact) mass is 385 g/mol. The minimum atomic E-state index is -0.639. The number of hydrogen-bond donors (Lipinski definition) is 2. The van der Waals surface area contributed by atoms with Gasteiger partial charge in [0.25, 0.3) is 0 Å². The number of carbonyl (C=O) groups is 1. The van der Waals surface area contributed by atoms with Crippen LogP contribution in [-0.2, 0) is 18.3 Å². The average Bonchev–Trinajstić information content (AvgIpc) is 2.95. The van der Waals surface area contributed by atoms with Crippen molar-refractivity contribution in [1.82, 2.24) is 20.1 Å². The minimum Gasteiger partial charge on any atom is -0.317 e. The average molecular weight is 386 g/mol. The Labute approximate surface area is 156 Å². The lowest BCUT2D eigenvalue weighted by molar-refractivity contribution is -0.116. The van der Waals surface area contributed by atoms with Crippen LogP contribution < -0.4 is 10.6 Å². The Hall–Kier alpha value is -2.06. The Bertz CT molecular complexity index is 762. The number of nitrogens with zero attached hydrogens (tertiary/aromatic N) is 3. The summed E-state index contributed by atoms with van der Waals surface area (Å²) in [5.74, 6) is -0.126. The van der Waals surface area contributed by atoms with Crippen molar-refractivity contribution in [3.63, 3.8) is 0 Å². The summed E-state index contributed by atoms with van der Waals surface area (Å²) in [5, 5.41) is 10.4. The molecule has 1 saturated heterocycles. The Kier molecular flexibility index (Phi) is 7.05. The number of carbonyl (C=O) groups excluding carboxylic acids is 1. The maximum atomic E-state index is 13.6. The molecule has 0 unspecified atom stereocenters. The van der Waals surface area contributed by atoms with E-state index in [4.69, 9.17) is 0 Å². The van der Waals surface area contributed by atoms with Crippen LogP contribution in [0.5, 0.6) is 0 Å². The lowest BCUT2D eigenvalue weighted by Gasteiger charge is -2.19. The number of aryl methyl sites for hydroxylation is 2. The predicted octanol–water partition coefficient (Wildman–Crippen LogP) is 2.55. The standard InChI is InChI=1S/C17H21F2N5O.ClH/c1-24-17(22-16(23-24)12-6-8-20-9-7-12)21-15(25)5-3-11-2-4-13(18)10-14(11)19;/h2,4,10,12,20H,3,5-9H2,1H3,(H,21,22,23,25);1H. The summed E-state index contributed by atoms with van der Waals surface area (Å²) in [6.07, 6.45) is 2.22. The second kappa shape index (κ2) is 9.05. The molecule has 1 aliphatic heterocycles. The normalized spacial score (nSPS) is 14.7. The van der Waals surface area contributed by atoms with Gasteiger partial charge in [0.15, 0.2) is 5.82 Å². The van der Waals surface area contributed by atoms with Crippen LogP contribution >= 0.6 is 12.4 Å². The van der Waals surface area contributed by atoms with Crippen molar-refractivity contribution in [3.05, 3.63) is 41.2 Å². The molecule has 2 heterocycles. The van der Waals surface area contributed by atoms with Crippen LogP contribution in [0.4, 0.5) is 14.7 Å². The van der Waals surface area contributed by atoms with E-state index in [1.165, 1.54) is 12.1 Å². The number of rotatable bonds is 5. The minimum absolute atomic E-state index is 0. The third kappa shape index (κ3) is 4.98. The summed E-state index contributed by atoms with van der Waals surface area (Å²) >= 11 is 0. The summed E-state index contributed by atoms with van der Waals surface area (Å²) in [5.41, 5.74) is 0.310. The summed E-state index contributed by atoms with van der Waals surface area (Å²) in [6, 6.07) is 3.36. The van der Waals surface area contributed by atoms with Gasteiger partial charge in [-0.1, -0.05) is 6.07 Å². The molecule has 2 N–H and O–H groups in total. The van der Waals surface area contributed by atoms with Crippen LogP contribution in [0.25, 0.3) is 0 Å². The third-order valence-electron chi connectivity index (χ3n) is 4.37. The van der Waals surface area contributed by atoms with Gasteiger partial charge in [-0.3, -0.25) is 10.1 Å². The van der Waals surface area contributed by atoms with Crippen molar-refractivity contribution in [2.75, 3.05) is 18.4 Å². The van der Waals surface area contributed by atoms with Gasteiger partial charge in [-0.15, -0.1) is 12.4 Å². The van der Waals surface area contributed by atoms with Crippen LogP contribution in [0.15, 0.2) is 18.2 Å². The second-order valence-corrected chi connectivity index (χ2v) is 6.23. The number of hydrogen-bond acceptors (Lipinski definition) is 4. The number of halogens is 3. The topological polar surface area (TPSA) is 71.8 Å². The molecule has 2 aromatic rings. The fourth-order valence-corrected chi connectivity index (χ4v) is 2.93. The van der Waals surface area contributed by atoms with Crippen LogP contribution in [-0.4, -0.2) is 33.8 Å². The van der Waals surface area contributed by atoms with Gasteiger partial charge >= 0.3 is 0 Å². The molecule has 3 rings (SSSR count). The number of nitrogens with one attached hydrogen (secondary N) is 2. The predicted molar refractivity (Wildman–Crippen MR) is 96.4 cm³/mol. The van der Waals surface area contributed by atoms with E-state index in [1.54, 1.807) is 11.7 Å². The highest BCUT2D eigenvalue weighted by atomic mass is 35.5. The molecule has 0 radical (unpaired) electrons. The quantitative estimate of drug-likeness (QED) is 0.829. The van der Waals surface area contributed by atoms with Crippen molar-refractivity contribution < 1.29 is 13.6 Å². The smallest absolute Gasteiger partial charge is 0.227 e. The highest BCUT2D eigenvalue weighted by Gasteiger charge is 2.21. The molecule has 0 bridgehead atoms. The summed E-state index contributed by atoms with van der Waals surface area (Å²) in [4.78, 5) is 16.5. The highest BCUT2D eigenvalue weighted by molar-refractivity contribution is 5.89. The van der Waals surface area contributed by atoms with Crippen LogP contribution in [0, 0.1) is 11.6 Å². The first-order valence-electron chi connectivity index (χ1n) is 8.38. The largest absolute Gasteiger partial charge is 0.317 e. The molecule has 6 nitrogen and oxygen atoms in total. The fraction of sp³-hybridized carbons (Fsp3) is 0.471. The van der Waals surface area contributed by atoms with Gasteiger partial charge in [-0.2, -0.15) is 10.1 Å². The maximum Gasteiger partial charge on any atom is 0.227 e. The van der Waals surface area contributed by atoms with Crippen LogP contribution in [0.1, 0.15) is 36.6 Å². The zero-order chi connectivity index (χ0) is 17.8. The SMILES string of the molecule is Cl.Cn1nc(C2CCNCC2)nc1NC(=O)CCc1ccc(F)cc1F. The van der Waals surface area contributed by atoms with Gasteiger partial charge in [-0.25, -0.2) is 13.5 Å². The van der Waals surface area contributed by atoms with Crippen LogP contribution in [0.2, 0.25) is 0 Å². The first kappa shape index (κ1) is 20.3. The van der Waals surface area contributed by atoms with Gasteiger partial charge in [0.1, 0.15) is 11.6 Å². The van der Waals surface area contributed by atoms with Crippen molar-refractivity contribution in [3.8, 4) is 0 Å². The van der Waals surface area contributed by atoms with Crippen molar-refractivity contribution >= 4 is 24.3 Å². The molecule has 0 atom stereocenters. The Morgan fingerprint density at radius 1 is 1.35 bits per heavy atom. The molecule has 0 aliphatic carbocycles. The van der Waals surface area contributed by atoms with Crippen molar-refractivity contribution in [1.29, 1.82) is 0 Å². The van der Waals surface area contributed by atoms with Crippen molar-refractivity contribution in [2.24, 2.45) is 7.05 Å². The van der Waals surface area contributed by atoms with Gasteiger partial charge in [0.05, 0.1) is 0 Å². The number of aromatic nitrogens is 3. The molecule has 1 aliphatic rings. The molecule has 9 heteroatoms. The van der Waals surface area contributed by atoms with E-state index in [1.807, 2.05) is 0 Å². The van der Waals surface area contributed by atoms with Gasteiger partial charge < -0.3 is 5.32 Å². The van der Waals surface area contributed by atoms with Crippen molar-refractivity contribution in [2.45, 2.75) is 31.6 Å². The van der Waals surface area contributed by atoms with E-state index >= 15 is 0 Å². The number of piperidine rings is 1. The summed E-state index contributed by atoms with van der Waals surface area (Å²) in [7, 11) is 1.73. The second-order valence-electron chi connectivity index (χ2n) is 6.23. The third-order valence-corrected chi connectivity index (χ3v) is 4.37. The Morgan fingerprint density at radius 2 is 2.08 bits per heavy atom. The Balaban J connectivity index is 0.00000243. The molecule has 1 amide bonds. The lowest BCUT2D eigenvalue weighted by Crippen LogP contribution is -2.27. The first-order chi connectivity index (χ1) is 12.0. The van der Waals surface area contributed by atoms with E-state index in [0.717, 1.165) is 37.8 Å². The van der Waals surface area contributed by atoms with Crippen LogP contribution in [0.3, 0.4) is 0 Å². The maximum absolute atomic E-state index is 13.6. The molecule has 1 fully saturated rings. The molecule has 1 aromatic carbocycles. The number of anilines is 1. The van der Waals surface area contributed by atoms with Gasteiger partial charge in [-0.05, 0) is 44.0 Å². The molecule has 26 heavy (non-hydrogen) atoms. The van der Waals surface area contributed by atoms with E-state index in [-0.39, 0.29) is 31.2 Å². The van der Waals surface area contributed by atoms with E-state index in [2.05, 4.69) is 20.7 Å². The zero-order valence-corrected chi connectivity index (χ0v) is 15.3. The summed E-state index contributed by atoms with van der Waals surface area (Å²) in [6.45, 7) is 1.88. The highest BCUT2D eigenvalue weighted by Crippen LogP contribution is 2.23. The van der Waals surface area contributed by atoms with E-state index in [0.29, 0.717) is 17.4 Å². The van der Waals surface area contributed by atoms with Gasteiger partial charge in [0.2, 0.25) is 11.9 Å². The molecular formula is C17H22ClF2N5O. The summed E-state index contributed by atoms with van der Waals surface area (Å²) < 4.78 is 28.0. The van der Waals surface area contributed by atoms with E-state index in [9.17, 15) is 13.6 Å². The lowest BCUT2D eigenvalue weighted by atomic mass is 9.98. The van der Waals surface area contributed by atoms with E-state index < -0.39 is 11.6 Å². The molecule has 0 spiro atoms. The molecule has 142 valence electrons.